The summed E-state index contributed by atoms with van der Waals surface area (Å²) in [7, 11) is 0. The van der Waals surface area contributed by atoms with Crippen LogP contribution in [-0.4, -0.2) is 43.3 Å². The number of nitrogens with zero attached hydrogens (tertiary/aromatic N) is 5. The quantitative estimate of drug-likeness (QED) is 0.727. The average molecular weight is 392 g/mol. The Kier molecular flexibility index (Phi) is 4.88. The minimum Gasteiger partial charge on any atom is -0.337 e. The average Bonchev–Trinajstić information content (AvgIpc) is 3.39. The molecule has 1 aliphatic rings. The van der Waals surface area contributed by atoms with Crippen molar-refractivity contribution in [3.63, 3.8) is 0 Å². The Morgan fingerprint density at radius 3 is 2.71 bits per heavy atom. The first-order chi connectivity index (χ1) is 13.4. The molecule has 3 aromatic rings. The number of hydrogen-bond acceptors (Lipinski definition) is 6. The fourth-order valence-electron chi connectivity index (χ4n) is 3.48. The monoisotopic (exact) mass is 392 g/mol. The van der Waals surface area contributed by atoms with Crippen molar-refractivity contribution in [3.05, 3.63) is 47.9 Å². The smallest absolute Gasteiger partial charge is 0.337 e. The van der Waals surface area contributed by atoms with E-state index in [1.165, 1.54) is 18.5 Å². The van der Waals surface area contributed by atoms with Crippen LogP contribution in [0.3, 0.4) is 0 Å². The summed E-state index contributed by atoms with van der Waals surface area (Å²) in [5.74, 6) is 1.79. The number of H-pyrrole nitrogens is 1. The molecule has 148 valence electrons. The molecule has 0 spiro atoms. The number of halogens is 3. The van der Waals surface area contributed by atoms with E-state index in [2.05, 4.69) is 30.2 Å². The first-order valence-electron chi connectivity index (χ1n) is 9.02. The zero-order chi connectivity index (χ0) is 19.7. The SMILES string of the molecule is C[C@H](c1nc(-c2cccc(C(F)(F)F)c2)no1)N1CCC(c2ncn[nH]2)CC1. The van der Waals surface area contributed by atoms with Gasteiger partial charge in [0.2, 0.25) is 11.7 Å². The maximum atomic E-state index is 12.9. The second-order valence-corrected chi connectivity index (χ2v) is 6.89. The van der Waals surface area contributed by atoms with Crippen LogP contribution in [0.15, 0.2) is 35.1 Å². The number of alkyl halides is 3. The number of benzene rings is 1. The summed E-state index contributed by atoms with van der Waals surface area (Å²) in [5, 5.41) is 10.7. The maximum Gasteiger partial charge on any atom is 0.416 e. The minimum atomic E-state index is -4.41. The highest BCUT2D eigenvalue weighted by Crippen LogP contribution is 2.33. The molecule has 28 heavy (non-hydrogen) atoms. The molecular weight excluding hydrogens is 373 g/mol. The topological polar surface area (TPSA) is 83.7 Å². The molecule has 0 aliphatic carbocycles. The Labute approximate surface area is 159 Å². The van der Waals surface area contributed by atoms with Crippen LogP contribution in [0.5, 0.6) is 0 Å². The van der Waals surface area contributed by atoms with E-state index in [9.17, 15) is 13.2 Å². The Morgan fingerprint density at radius 1 is 1.25 bits per heavy atom. The van der Waals surface area contributed by atoms with Gasteiger partial charge < -0.3 is 4.52 Å². The number of likely N-dealkylation sites (tertiary alicyclic amines) is 1. The number of aromatic nitrogens is 5. The number of hydrogen-bond donors (Lipinski definition) is 1. The van der Waals surface area contributed by atoms with Crippen molar-refractivity contribution in [2.24, 2.45) is 0 Å². The van der Waals surface area contributed by atoms with E-state index in [-0.39, 0.29) is 17.4 Å². The third-order valence-electron chi connectivity index (χ3n) is 5.14. The van der Waals surface area contributed by atoms with Gasteiger partial charge in [-0.1, -0.05) is 17.3 Å². The highest BCUT2D eigenvalue weighted by Gasteiger charge is 2.31. The van der Waals surface area contributed by atoms with E-state index in [0.717, 1.165) is 43.9 Å². The van der Waals surface area contributed by atoms with Crippen molar-refractivity contribution in [1.29, 1.82) is 0 Å². The lowest BCUT2D eigenvalue weighted by Crippen LogP contribution is -2.35. The van der Waals surface area contributed by atoms with Crippen LogP contribution in [0, 0.1) is 0 Å². The Morgan fingerprint density at radius 2 is 2.04 bits per heavy atom. The summed E-state index contributed by atoms with van der Waals surface area (Å²) >= 11 is 0. The van der Waals surface area contributed by atoms with E-state index in [4.69, 9.17) is 4.52 Å². The van der Waals surface area contributed by atoms with Crippen LogP contribution in [0.25, 0.3) is 11.4 Å². The van der Waals surface area contributed by atoms with Crippen LogP contribution in [-0.2, 0) is 6.18 Å². The molecule has 0 amide bonds. The van der Waals surface area contributed by atoms with Crippen molar-refractivity contribution in [2.75, 3.05) is 13.1 Å². The molecule has 1 aromatic carbocycles. The predicted molar refractivity (Wildman–Crippen MR) is 93.1 cm³/mol. The number of aromatic amines is 1. The van der Waals surface area contributed by atoms with Crippen LogP contribution in [0.1, 0.15) is 49.0 Å². The molecule has 1 fully saturated rings. The third kappa shape index (κ3) is 3.77. The van der Waals surface area contributed by atoms with E-state index in [0.29, 0.717) is 11.8 Å². The highest BCUT2D eigenvalue weighted by atomic mass is 19.4. The van der Waals surface area contributed by atoms with Gasteiger partial charge >= 0.3 is 6.18 Å². The molecule has 1 aliphatic heterocycles. The predicted octanol–water partition coefficient (Wildman–Crippen LogP) is 3.81. The number of piperidine rings is 1. The molecular formula is C18H19F3N6O. The van der Waals surface area contributed by atoms with Gasteiger partial charge in [-0.3, -0.25) is 10.00 Å². The van der Waals surface area contributed by atoms with Crippen molar-refractivity contribution in [1.82, 2.24) is 30.2 Å². The van der Waals surface area contributed by atoms with Gasteiger partial charge in [0.15, 0.2) is 0 Å². The molecule has 0 saturated carbocycles. The molecule has 1 N–H and O–H groups in total. The molecule has 3 heterocycles. The van der Waals surface area contributed by atoms with Gasteiger partial charge in [0.05, 0.1) is 11.6 Å². The Balaban J connectivity index is 1.44. The maximum absolute atomic E-state index is 12.9. The van der Waals surface area contributed by atoms with Crippen molar-refractivity contribution in [2.45, 2.75) is 37.9 Å². The van der Waals surface area contributed by atoms with Gasteiger partial charge in [-0.15, -0.1) is 0 Å². The second-order valence-electron chi connectivity index (χ2n) is 6.89. The molecule has 4 rings (SSSR count). The van der Waals surface area contributed by atoms with Crippen molar-refractivity contribution >= 4 is 0 Å². The minimum absolute atomic E-state index is 0.122. The molecule has 0 unspecified atom stereocenters. The van der Waals surface area contributed by atoms with E-state index in [1.54, 1.807) is 0 Å². The summed E-state index contributed by atoms with van der Waals surface area (Å²) in [6, 6.07) is 4.81. The number of nitrogens with one attached hydrogen (secondary N) is 1. The van der Waals surface area contributed by atoms with Crippen LogP contribution in [0.2, 0.25) is 0 Å². The molecule has 1 saturated heterocycles. The molecule has 0 radical (unpaired) electrons. The standard InChI is InChI=1S/C18H19F3N6O/c1-11(27-7-5-12(6-8-27)15-22-10-23-25-15)17-24-16(26-28-17)13-3-2-4-14(9-13)18(19,20)21/h2-4,9-12H,5-8H2,1H3,(H,22,23,25)/t11-/m1/s1. The zero-order valence-electron chi connectivity index (χ0n) is 15.1. The first-order valence-corrected chi connectivity index (χ1v) is 9.02. The first kappa shape index (κ1) is 18.6. The van der Waals surface area contributed by atoms with Gasteiger partial charge in [0.1, 0.15) is 12.2 Å². The molecule has 0 bridgehead atoms. The van der Waals surface area contributed by atoms with Crippen LogP contribution in [0.4, 0.5) is 13.2 Å². The van der Waals surface area contributed by atoms with Gasteiger partial charge in [-0.05, 0) is 45.0 Å². The summed E-state index contributed by atoms with van der Waals surface area (Å²) < 4.78 is 44.1. The lowest BCUT2D eigenvalue weighted by molar-refractivity contribution is -0.137. The Bertz CT molecular complexity index is 916. The third-order valence-corrected chi connectivity index (χ3v) is 5.14. The lowest BCUT2D eigenvalue weighted by atomic mass is 9.95. The van der Waals surface area contributed by atoms with E-state index < -0.39 is 11.7 Å². The van der Waals surface area contributed by atoms with Crippen LogP contribution >= 0.6 is 0 Å². The molecule has 7 nitrogen and oxygen atoms in total. The fraction of sp³-hybridized carbons (Fsp3) is 0.444. The molecule has 10 heteroatoms. The number of rotatable bonds is 4. The normalized spacial score (nSPS) is 17.7. The van der Waals surface area contributed by atoms with E-state index >= 15 is 0 Å². The molecule has 1 atom stereocenters. The lowest BCUT2D eigenvalue weighted by Gasteiger charge is -2.33. The highest BCUT2D eigenvalue weighted by molar-refractivity contribution is 5.55. The second kappa shape index (κ2) is 7.34. The van der Waals surface area contributed by atoms with Gasteiger partial charge in [-0.25, -0.2) is 4.98 Å². The van der Waals surface area contributed by atoms with Gasteiger partial charge in [0.25, 0.3) is 0 Å². The van der Waals surface area contributed by atoms with E-state index in [1.807, 2.05) is 6.92 Å². The largest absolute Gasteiger partial charge is 0.416 e. The summed E-state index contributed by atoms with van der Waals surface area (Å²) in [6.45, 7) is 3.61. The van der Waals surface area contributed by atoms with Crippen molar-refractivity contribution in [3.8, 4) is 11.4 Å². The summed E-state index contributed by atoms with van der Waals surface area (Å²) in [4.78, 5) is 10.8. The fourth-order valence-corrected chi connectivity index (χ4v) is 3.48. The summed E-state index contributed by atoms with van der Waals surface area (Å²) in [6.07, 6.45) is -1.05. The van der Waals surface area contributed by atoms with Gasteiger partial charge in [0, 0.05) is 11.5 Å². The summed E-state index contributed by atoms with van der Waals surface area (Å²) in [5.41, 5.74) is -0.458. The van der Waals surface area contributed by atoms with Gasteiger partial charge in [-0.2, -0.15) is 23.3 Å². The zero-order valence-corrected chi connectivity index (χ0v) is 15.1. The molecule has 2 aromatic heterocycles. The van der Waals surface area contributed by atoms with Crippen molar-refractivity contribution < 1.29 is 17.7 Å². The van der Waals surface area contributed by atoms with Crippen LogP contribution < -0.4 is 0 Å². The Hall–Kier alpha value is -2.75.